The first-order valence-electron chi connectivity index (χ1n) is 6.25. The molecule has 0 aromatic carbocycles. The Balaban J connectivity index is 2.18. The van der Waals surface area contributed by atoms with E-state index in [4.69, 9.17) is 0 Å². The maximum Gasteiger partial charge on any atom is 0.223 e. The number of nitrogens with zero attached hydrogens (tertiary/aromatic N) is 1. The van der Waals surface area contributed by atoms with Gasteiger partial charge in [0.05, 0.1) is 6.26 Å². The minimum absolute atomic E-state index is 0.0846. The molecule has 0 aromatic heterocycles. The number of carbonyl (C=O) groups excluding carboxylic acids is 1. The molecular formula is C12H22N2O3S. The van der Waals surface area contributed by atoms with E-state index in [9.17, 15) is 13.2 Å². The van der Waals surface area contributed by atoms with Crippen molar-refractivity contribution in [2.75, 3.05) is 26.4 Å². The van der Waals surface area contributed by atoms with Crippen LogP contribution in [0.15, 0.2) is 12.2 Å². The largest absolute Gasteiger partial charge is 0.356 e. The normalized spacial score (nSPS) is 20.1. The molecule has 0 saturated carbocycles. The lowest BCUT2D eigenvalue weighted by Crippen LogP contribution is -2.34. The Labute approximate surface area is 109 Å². The van der Waals surface area contributed by atoms with Crippen molar-refractivity contribution in [3.8, 4) is 0 Å². The average molecular weight is 274 g/mol. The van der Waals surface area contributed by atoms with Gasteiger partial charge in [0.2, 0.25) is 15.9 Å². The standard InChI is InChI=1S/C12H22N2O3S/c1-14(18(2,16)17)10-6-9-13-12(15)11-7-4-3-5-8-11/h3-4,11H,5-10H2,1-2H3,(H,13,15)/t11-/m0/s1. The third-order valence-electron chi connectivity index (χ3n) is 3.16. The molecule has 0 bridgehead atoms. The van der Waals surface area contributed by atoms with E-state index in [2.05, 4.69) is 11.4 Å². The van der Waals surface area contributed by atoms with Gasteiger partial charge in [-0.2, -0.15) is 0 Å². The highest BCUT2D eigenvalue weighted by molar-refractivity contribution is 7.88. The van der Waals surface area contributed by atoms with Crippen molar-refractivity contribution in [3.05, 3.63) is 12.2 Å². The van der Waals surface area contributed by atoms with Gasteiger partial charge in [0.25, 0.3) is 0 Å². The van der Waals surface area contributed by atoms with Crippen molar-refractivity contribution in [2.45, 2.75) is 25.7 Å². The number of amides is 1. The maximum atomic E-state index is 11.8. The summed E-state index contributed by atoms with van der Waals surface area (Å²) < 4.78 is 23.6. The summed E-state index contributed by atoms with van der Waals surface area (Å²) in [4.78, 5) is 11.8. The topological polar surface area (TPSA) is 66.5 Å². The zero-order valence-electron chi connectivity index (χ0n) is 11.1. The summed E-state index contributed by atoms with van der Waals surface area (Å²) >= 11 is 0. The highest BCUT2D eigenvalue weighted by atomic mass is 32.2. The number of nitrogens with one attached hydrogen (secondary N) is 1. The predicted molar refractivity (Wildman–Crippen MR) is 71.6 cm³/mol. The quantitative estimate of drug-likeness (QED) is 0.574. The second-order valence-corrected chi connectivity index (χ2v) is 6.80. The molecular weight excluding hydrogens is 252 g/mol. The number of hydrogen-bond donors (Lipinski definition) is 1. The van der Waals surface area contributed by atoms with Gasteiger partial charge >= 0.3 is 0 Å². The Morgan fingerprint density at radius 2 is 2.17 bits per heavy atom. The Hall–Kier alpha value is -0.880. The fraction of sp³-hybridized carbons (Fsp3) is 0.750. The van der Waals surface area contributed by atoms with E-state index in [-0.39, 0.29) is 11.8 Å². The van der Waals surface area contributed by atoms with Crippen molar-refractivity contribution < 1.29 is 13.2 Å². The molecule has 1 atom stereocenters. The van der Waals surface area contributed by atoms with E-state index in [0.29, 0.717) is 19.5 Å². The van der Waals surface area contributed by atoms with Crippen molar-refractivity contribution in [2.24, 2.45) is 5.92 Å². The second-order valence-electron chi connectivity index (χ2n) is 4.71. The summed E-state index contributed by atoms with van der Waals surface area (Å²) in [5.41, 5.74) is 0. The lowest BCUT2D eigenvalue weighted by molar-refractivity contribution is -0.125. The number of carbonyl (C=O) groups is 1. The fourth-order valence-electron chi connectivity index (χ4n) is 1.86. The average Bonchev–Trinajstić information content (AvgIpc) is 2.34. The number of rotatable bonds is 6. The lowest BCUT2D eigenvalue weighted by Gasteiger charge is -2.18. The van der Waals surface area contributed by atoms with Crippen LogP contribution in [-0.2, 0) is 14.8 Å². The molecule has 0 fully saturated rings. The first-order valence-corrected chi connectivity index (χ1v) is 8.10. The van der Waals surface area contributed by atoms with Gasteiger partial charge in [0, 0.05) is 26.1 Å². The molecule has 0 aliphatic heterocycles. The van der Waals surface area contributed by atoms with Crippen LogP contribution in [-0.4, -0.2) is 45.0 Å². The summed E-state index contributed by atoms with van der Waals surface area (Å²) in [5, 5.41) is 2.86. The van der Waals surface area contributed by atoms with Crippen LogP contribution in [0.1, 0.15) is 25.7 Å². The third-order valence-corrected chi connectivity index (χ3v) is 4.47. The zero-order chi connectivity index (χ0) is 13.6. The number of sulfonamides is 1. The van der Waals surface area contributed by atoms with Gasteiger partial charge in [-0.25, -0.2) is 12.7 Å². The molecule has 5 nitrogen and oxygen atoms in total. The van der Waals surface area contributed by atoms with Crippen LogP contribution in [0, 0.1) is 5.92 Å². The van der Waals surface area contributed by atoms with Crippen LogP contribution >= 0.6 is 0 Å². The summed E-state index contributed by atoms with van der Waals surface area (Å²) in [7, 11) is -1.57. The smallest absolute Gasteiger partial charge is 0.223 e. The van der Waals surface area contributed by atoms with E-state index in [1.807, 2.05) is 6.08 Å². The summed E-state index contributed by atoms with van der Waals surface area (Å²) in [6.07, 6.45) is 8.66. The zero-order valence-corrected chi connectivity index (χ0v) is 11.9. The van der Waals surface area contributed by atoms with Crippen molar-refractivity contribution >= 4 is 15.9 Å². The molecule has 0 radical (unpaired) electrons. The van der Waals surface area contributed by atoms with Gasteiger partial charge in [-0.1, -0.05) is 12.2 Å². The molecule has 0 heterocycles. The van der Waals surface area contributed by atoms with Gasteiger partial charge in [0.1, 0.15) is 0 Å². The fourth-order valence-corrected chi connectivity index (χ4v) is 2.32. The number of allylic oxidation sites excluding steroid dienone is 2. The molecule has 104 valence electrons. The Kier molecular flexibility index (Phi) is 5.81. The Morgan fingerprint density at radius 1 is 1.44 bits per heavy atom. The first-order chi connectivity index (χ1) is 8.41. The lowest BCUT2D eigenvalue weighted by atomic mass is 9.94. The van der Waals surface area contributed by atoms with Crippen LogP contribution < -0.4 is 5.32 Å². The Bertz CT molecular complexity index is 404. The monoisotopic (exact) mass is 274 g/mol. The van der Waals surface area contributed by atoms with E-state index >= 15 is 0 Å². The molecule has 0 saturated heterocycles. The summed E-state index contributed by atoms with van der Waals surface area (Å²) in [5.74, 6) is 0.170. The van der Waals surface area contributed by atoms with E-state index < -0.39 is 10.0 Å². The number of hydrogen-bond acceptors (Lipinski definition) is 3. The third kappa shape index (κ3) is 5.18. The predicted octanol–water partition coefficient (Wildman–Crippen LogP) is 0.740. The molecule has 1 amide bonds. The molecule has 1 aliphatic rings. The molecule has 0 spiro atoms. The molecule has 1 aliphatic carbocycles. The van der Waals surface area contributed by atoms with Crippen LogP contribution in [0.3, 0.4) is 0 Å². The Morgan fingerprint density at radius 3 is 2.72 bits per heavy atom. The summed E-state index contributed by atoms with van der Waals surface area (Å²) in [6.45, 7) is 0.961. The van der Waals surface area contributed by atoms with Gasteiger partial charge in [-0.15, -0.1) is 0 Å². The minimum Gasteiger partial charge on any atom is -0.356 e. The maximum absolute atomic E-state index is 11.8. The molecule has 1 rings (SSSR count). The minimum atomic E-state index is -3.11. The van der Waals surface area contributed by atoms with Crippen molar-refractivity contribution in [3.63, 3.8) is 0 Å². The SMILES string of the molecule is CN(CCCNC(=O)[C@H]1CC=CCC1)S(C)(=O)=O. The molecule has 18 heavy (non-hydrogen) atoms. The first kappa shape index (κ1) is 15.2. The van der Waals surface area contributed by atoms with Crippen LogP contribution in [0.2, 0.25) is 0 Å². The van der Waals surface area contributed by atoms with E-state index in [1.165, 1.54) is 10.6 Å². The highest BCUT2D eigenvalue weighted by Crippen LogP contribution is 2.17. The van der Waals surface area contributed by atoms with Gasteiger partial charge in [-0.05, 0) is 25.7 Å². The summed E-state index contributed by atoms with van der Waals surface area (Å²) in [6, 6.07) is 0. The molecule has 0 aromatic rings. The van der Waals surface area contributed by atoms with Gasteiger partial charge in [0.15, 0.2) is 0 Å². The van der Waals surface area contributed by atoms with E-state index in [1.54, 1.807) is 7.05 Å². The van der Waals surface area contributed by atoms with Crippen molar-refractivity contribution in [1.82, 2.24) is 9.62 Å². The van der Waals surface area contributed by atoms with Crippen LogP contribution in [0.25, 0.3) is 0 Å². The van der Waals surface area contributed by atoms with Crippen LogP contribution in [0.5, 0.6) is 0 Å². The molecule has 1 N–H and O–H groups in total. The van der Waals surface area contributed by atoms with Crippen molar-refractivity contribution in [1.29, 1.82) is 0 Å². The second kappa shape index (κ2) is 6.89. The molecule has 0 unspecified atom stereocenters. The van der Waals surface area contributed by atoms with Gasteiger partial charge < -0.3 is 5.32 Å². The van der Waals surface area contributed by atoms with Crippen LogP contribution in [0.4, 0.5) is 0 Å². The molecule has 6 heteroatoms. The van der Waals surface area contributed by atoms with Gasteiger partial charge in [-0.3, -0.25) is 4.79 Å². The van der Waals surface area contributed by atoms with E-state index in [0.717, 1.165) is 19.3 Å². The highest BCUT2D eigenvalue weighted by Gasteiger charge is 2.18.